The van der Waals surface area contributed by atoms with Gasteiger partial charge in [-0.25, -0.2) is 4.79 Å². The molecular formula is C22H21NO6. The fraction of sp³-hybridized carbons (Fsp3) is 0.318. The molecule has 0 fully saturated rings. The highest BCUT2D eigenvalue weighted by Gasteiger charge is 2.31. The third-order valence-corrected chi connectivity index (χ3v) is 5.52. The Morgan fingerprint density at radius 3 is 2.72 bits per heavy atom. The molecule has 0 saturated carbocycles. The molecule has 0 aliphatic carbocycles. The number of carbonyl (C=O) groups excluding carboxylic acids is 1. The number of methoxy groups -OCH3 is 2. The molecule has 0 atom stereocenters. The van der Waals surface area contributed by atoms with Gasteiger partial charge in [-0.1, -0.05) is 0 Å². The van der Waals surface area contributed by atoms with Crippen LogP contribution in [-0.4, -0.2) is 40.3 Å². The van der Waals surface area contributed by atoms with Crippen LogP contribution in [0, 0.1) is 0 Å². The maximum atomic E-state index is 12.7. The number of amides is 1. The molecule has 3 aromatic rings. The molecule has 7 heteroatoms. The molecule has 5 rings (SSSR count). The molecule has 7 nitrogen and oxygen atoms in total. The minimum Gasteiger partial charge on any atom is -0.493 e. The third kappa shape index (κ3) is 2.46. The Bertz CT molecular complexity index is 1160. The van der Waals surface area contributed by atoms with E-state index in [0.717, 1.165) is 38.5 Å². The molecule has 0 spiro atoms. The van der Waals surface area contributed by atoms with Crippen molar-refractivity contribution < 1.29 is 28.5 Å². The lowest BCUT2D eigenvalue weighted by molar-refractivity contribution is 0.159. The summed E-state index contributed by atoms with van der Waals surface area (Å²) in [4.78, 5) is 14.4. The smallest absolute Gasteiger partial charge is 0.414 e. The van der Waals surface area contributed by atoms with Crippen LogP contribution in [-0.2, 0) is 11.2 Å². The van der Waals surface area contributed by atoms with Gasteiger partial charge in [-0.2, -0.15) is 0 Å². The van der Waals surface area contributed by atoms with Crippen LogP contribution in [0.2, 0.25) is 0 Å². The zero-order chi connectivity index (χ0) is 20.1. The van der Waals surface area contributed by atoms with Gasteiger partial charge in [0.2, 0.25) is 6.79 Å². The molecule has 0 aromatic heterocycles. The summed E-state index contributed by atoms with van der Waals surface area (Å²) in [6.45, 7) is 2.82. The molecule has 2 aliphatic heterocycles. The first-order chi connectivity index (χ1) is 14.2. The van der Waals surface area contributed by atoms with Gasteiger partial charge in [0.25, 0.3) is 0 Å². The lowest BCUT2D eigenvalue weighted by Gasteiger charge is -2.30. The fourth-order valence-corrected chi connectivity index (χ4v) is 4.32. The predicted molar refractivity (Wildman–Crippen MR) is 109 cm³/mol. The van der Waals surface area contributed by atoms with Crippen LogP contribution in [0.1, 0.15) is 12.5 Å². The molecule has 2 aliphatic rings. The van der Waals surface area contributed by atoms with E-state index in [9.17, 15) is 4.79 Å². The molecular weight excluding hydrogens is 374 g/mol. The summed E-state index contributed by atoms with van der Waals surface area (Å²) in [6.07, 6.45) is 0.343. The highest BCUT2D eigenvalue weighted by molar-refractivity contribution is 6.21. The number of benzene rings is 3. The van der Waals surface area contributed by atoms with Gasteiger partial charge in [-0.15, -0.1) is 0 Å². The summed E-state index contributed by atoms with van der Waals surface area (Å²) in [5.74, 6) is 2.64. The first kappa shape index (κ1) is 17.7. The summed E-state index contributed by atoms with van der Waals surface area (Å²) in [7, 11) is 3.21. The van der Waals surface area contributed by atoms with Gasteiger partial charge in [-0.3, -0.25) is 4.90 Å². The number of hydrogen-bond acceptors (Lipinski definition) is 6. The van der Waals surface area contributed by atoms with Gasteiger partial charge in [0.15, 0.2) is 23.0 Å². The number of rotatable bonds is 3. The SMILES string of the molecule is CCOC(=O)N1CCc2cc3c(c4c2c1cc1c(OC)c(OC)ccc14)OCO3. The number of nitrogens with zero attached hydrogens (tertiary/aromatic N) is 1. The Morgan fingerprint density at radius 2 is 1.97 bits per heavy atom. The molecule has 0 N–H and O–H groups in total. The first-order valence-electron chi connectivity index (χ1n) is 9.55. The monoisotopic (exact) mass is 395 g/mol. The number of ether oxygens (including phenoxy) is 5. The summed E-state index contributed by atoms with van der Waals surface area (Å²) >= 11 is 0. The van der Waals surface area contributed by atoms with E-state index in [1.165, 1.54) is 0 Å². The minimum absolute atomic E-state index is 0.175. The average molecular weight is 395 g/mol. The fourth-order valence-electron chi connectivity index (χ4n) is 4.32. The van der Waals surface area contributed by atoms with Gasteiger partial charge in [-0.05, 0) is 48.6 Å². The van der Waals surface area contributed by atoms with Crippen LogP contribution < -0.4 is 23.8 Å². The topological polar surface area (TPSA) is 66.5 Å². The van der Waals surface area contributed by atoms with E-state index in [2.05, 4.69) is 0 Å². The Balaban J connectivity index is 1.93. The van der Waals surface area contributed by atoms with Crippen molar-refractivity contribution in [2.75, 3.05) is 39.1 Å². The maximum Gasteiger partial charge on any atom is 0.414 e. The van der Waals surface area contributed by atoms with Crippen molar-refractivity contribution in [3.63, 3.8) is 0 Å². The molecule has 0 unspecified atom stereocenters. The Hall–Kier alpha value is -3.35. The zero-order valence-corrected chi connectivity index (χ0v) is 16.5. The lowest BCUT2D eigenvalue weighted by Crippen LogP contribution is -2.35. The van der Waals surface area contributed by atoms with E-state index >= 15 is 0 Å². The average Bonchev–Trinajstić information content (AvgIpc) is 3.21. The minimum atomic E-state index is -0.363. The molecule has 0 bridgehead atoms. The largest absolute Gasteiger partial charge is 0.493 e. The summed E-state index contributed by atoms with van der Waals surface area (Å²) in [5.41, 5.74) is 1.90. The number of hydrogen-bond donors (Lipinski definition) is 0. The van der Waals surface area contributed by atoms with E-state index in [1.807, 2.05) is 24.3 Å². The van der Waals surface area contributed by atoms with Gasteiger partial charge in [0, 0.05) is 22.7 Å². The number of carbonyl (C=O) groups is 1. The van der Waals surface area contributed by atoms with Crippen molar-refractivity contribution in [2.45, 2.75) is 13.3 Å². The second-order valence-electron chi connectivity index (χ2n) is 6.91. The Morgan fingerprint density at radius 1 is 1.10 bits per heavy atom. The van der Waals surface area contributed by atoms with Crippen molar-refractivity contribution in [2.24, 2.45) is 0 Å². The molecule has 0 saturated heterocycles. The lowest BCUT2D eigenvalue weighted by atomic mass is 9.91. The van der Waals surface area contributed by atoms with E-state index in [0.29, 0.717) is 36.8 Å². The number of fused-ring (bicyclic) bond motifs is 4. The molecule has 0 radical (unpaired) electrons. The van der Waals surface area contributed by atoms with Crippen molar-refractivity contribution in [1.82, 2.24) is 0 Å². The standard InChI is InChI=1S/C22H21NO6/c1-4-27-22(24)23-8-7-12-9-17-21(29-11-28-17)19-13-5-6-16(25-2)20(26-3)14(13)10-15(23)18(12)19/h5-6,9-10H,4,7-8,11H2,1-3H3. The highest BCUT2D eigenvalue weighted by atomic mass is 16.7. The quantitative estimate of drug-likeness (QED) is 0.618. The van der Waals surface area contributed by atoms with Crippen LogP contribution in [0.15, 0.2) is 24.3 Å². The van der Waals surface area contributed by atoms with E-state index in [4.69, 9.17) is 23.7 Å². The van der Waals surface area contributed by atoms with Gasteiger partial charge in [0.05, 0.1) is 26.5 Å². The second-order valence-corrected chi connectivity index (χ2v) is 6.91. The van der Waals surface area contributed by atoms with Crippen molar-refractivity contribution in [1.29, 1.82) is 0 Å². The second kappa shape index (κ2) is 6.62. The zero-order valence-electron chi connectivity index (χ0n) is 16.5. The Kier molecular flexibility index (Phi) is 4.04. The summed E-state index contributed by atoms with van der Waals surface area (Å²) < 4.78 is 28.0. The van der Waals surface area contributed by atoms with E-state index in [1.54, 1.807) is 26.0 Å². The van der Waals surface area contributed by atoms with Crippen molar-refractivity contribution in [3.05, 3.63) is 29.8 Å². The number of anilines is 1. The van der Waals surface area contributed by atoms with E-state index < -0.39 is 0 Å². The molecule has 29 heavy (non-hydrogen) atoms. The van der Waals surface area contributed by atoms with Crippen LogP contribution >= 0.6 is 0 Å². The molecule has 1 amide bonds. The predicted octanol–water partition coefficient (Wildman–Crippen LogP) is 4.26. The van der Waals surface area contributed by atoms with Crippen LogP contribution in [0.3, 0.4) is 0 Å². The van der Waals surface area contributed by atoms with Crippen LogP contribution in [0.25, 0.3) is 21.5 Å². The molecule has 3 aromatic carbocycles. The molecule has 2 heterocycles. The van der Waals surface area contributed by atoms with Crippen LogP contribution in [0.5, 0.6) is 23.0 Å². The van der Waals surface area contributed by atoms with Gasteiger partial charge < -0.3 is 23.7 Å². The van der Waals surface area contributed by atoms with Gasteiger partial charge in [0.1, 0.15) is 0 Å². The summed E-state index contributed by atoms with van der Waals surface area (Å²) in [5, 5.41) is 3.68. The Labute approximate surface area is 167 Å². The summed E-state index contributed by atoms with van der Waals surface area (Å²) in [6, 6.07) is 7.86. The van der Waals surface area contributed by atoms with E-state index in [-0.39, 0.29) is 12.9 Å². The van der Waals surface area contributed by atoms with Crippen LogP contribution in [0.4, 0.5) is 10.5 Å². The maximum absolute atomic E-state index is 12.7. The normalized spacial score (nSPS) is 14.4. The third-order valence-electron chi connectivity index (χ3n) is 5.52. The highest BCUT2D eigenvalue weighted by Crippen LogP contribution is 2.51. The van der Waals surface area contributed by atoms with Crippen molar-refractivity contribution >= 4 is 33.3 Å². The first-order valence-corrected chi connectivity index (χ1v) is 9.55. The van der Waals surface area contributed by atoms with Crippen molar-refractivity contribution in [3.8, 4) is 23.0 Å². The van der Waals surface area contributed by atoms with Gasteiger partial charge >= 0.3 is 6.09 Å². The molecule has 150 valence electrons.